The molecule has 0 aliphatic heterocycles. The fraction of sp³-hybridized carbons (Fsp3) is 0.357. The zero-order valence-electron chi connectivity index (χ0n) is 11.4. The van der Waals surface area contributed by atoms with Gasteiger partial charge in [0.05, 0.1) is 14.2 Å². The first-order valence-corrected chi connectivity index (χ1v) is 6.04. The minimum Gasteiger partial charge on any atom is -0.469 e. The highest BCUT2D eigenvalue weighted by Gasteiger charge is 2.23. The Morgan fingerprint density at radius 2 is 1.75 bits per heavy atom. The second kappa shape index (κ2) is 7.93. The van der Waals surface area contributed by atoms with Gasteiger partial charge < -0.3 is 14.8 Å². The van der Waals surface area contributed by atoms with Crippen molar-refractivity contribution in [2.24, 2.45) is 0 Å². The van der Waals surface area contributed by atoms with Gasteiger partial charge in [-0.2, -0.15) is 0 Å². The normalized spacial score (nSPS) is 11.3. The minimum absolute atomic E-state index is 0.292. The molecular weight excluding hydrogens is 262 g/mol. The standard InChI is InChI=1S/C14H17NO5/c1-19-13(17)9-12(16)15-11(14(18)20-2)8-10-6-4-3-5-7-10/h3-7,11H,8-9H2,1-2H3,(H,15,16)/t11-/m0/s1. The molecule has 1 amide bonds. The zero-order valence-corrected chi connectivity index (χ0v) is 11.4. The molecule has 0 spiro atoms. The average Bonchev–Trinajstić information content (AvgIpc) is 2.46. The van der Waals surface area contributed by atoms with Crippen molar-refractivity contribution >= 4 is 17.8 Å². The number of amides is 1. The summed E-state index contributed by atoms with van der Waals surface area (Å²) in [7, 11) is 2.43. The molecule has 0 fully saturated rings. The Hall–Kier alpha value is -2.37. The van der Waals surface area contributed by atoms with Gasteiger partial charge in [-0.05, 0) is 5.56 Å². The van der Waals surface area contributed by atoms with Crippen molar-refractivity contribution in [1.29, 1.82) is 0 Å². The van der Waals surface area contributed by atoms with Crippen LogP contribution in [0.5, 0.6) is 0 Å². The van der Waals surface area contributed by atoms with Crippen LogP contribution in [0.15, 0.2) is 30.3 Å². The van der Waals surface area contributed by atoms with E-state index in [1.165, 1.54) is 14.2 Å². The zero-order chi connectivity index (χ0) is 15.0. The molecule has 0 radical (unpaired) electrons. The van der Waals surface area contributed by atoms with E-state index in [0.29, 0.717) is 6.42 Å². The summed E-state index contributed by atoms with van der Waals surface area (Å²) in [6.45, 7) is 0. The molecule has 0 aliphatic carbocycles. The molecular formula is C14H17NO5. The fourth-order valence-electron chi connectivity index (χ4n) is 1.63. The maximum atomic E-state index is 11.7. The molecule has 1 aromatic carbocycles. The highest BCUT2D eigenvalue weighted by atomic mass is 16.5. The summed E-state index contributed by atoms with van der Waals surface area (Å²) in [6, 6.07) is 8.36. The lowest BCUT2D eigenvalue weighted by Crippen LogP contribution is -2.43. The van der Waals surface area contributed by atoms with Crippen LogP contribution in [-0.2, 0) is 30.3 Å². The average molecular weight is 279 g/mol. The van der Waals surface area contributed by atoms with Crippen LogP contribution in [0.1, 0.15) is 12.0 Å². The number of hydrogen-bond acceptors (Lipinski definition) is 5. The summed E-state index contributed by atoms with van der Waals surface area (Å²) in [5.41, 5.74) is 0.876. The first kappa shape index (κ1) is 15.7. The van der Waals surface area contributed by atoms with Gasteiger partial charge in [0.2, 0.25) is 5.91 Å². The molecule has 1 N–H and O–H groups in total. The summed E-state index contributed by atoms with van der Waals surface area (Å²) in [5, 5.41) is 2.47. The van der Waals surface area contributed by atoms with E-state index in [9.17, 15) is 14.4 Å². The molecule has 108 valence electrons. The Morgan fingerprint density at radius 1 is 1.10 bits per heavy atom. The largest absolute Gasteiger partial charge is 0.469 e. The van der Waals surface area contributed by atoms with Crippen molar-refractivity contribution in [3.05, 3.63) is 35.9 Å². The number of nitrogens with one attached hydrogen (secondary N) is 1. The first-order chi connectivity index (χ1) is 9.56. The molecule has 0 heterocycles. The second-order valence-corrected chi connectivity index (χ2v) is 4.09. The number of ether oxygens (including phenoxy) is 2. The number of esters is 2. The fourth-order valence-corrected chi connectivity index (χ4v) is 1.63. The number of methoxy groups -OCH3 is 2. The third-order valence-electron chi connectivity index (χ3n) is 2.64. The predicted molar refractivity (Wildman–Crippen MR) is 70.7 cm³/mol. The second-order valence-electron chi connectivity index (χ2n) is 4.09. The van der Waals surface area contributed by atoms with Crippen LogP contribution in [0.3, 0.4) is 0 Å². The van der Waals surface area contributed by atoms with Gasteiger partial charge in [0, 0.05) is 6.42 Å². The van der Waals surface area contributed by atoms with Crippen LogP contribution in [-0.4, -0.2) is 38.1 Å². The Morgan fingerprint density at radius 3 is 2.30 bits per heavy atom. The molecule has 6 nitrogen and oxygen atoms in total. The molecule has 0 saturated carbocycles. The molecule has 0 aromatic heterocycles. The number of hydrogen-bond donors (Lipinski definition) is 1. The lowest BCUT2D eigenvalue weighted by molar-refractivity contribution is -0.148. The van der Waals surface area contributed by atoms with Gasteiger partial charge in [-0.15, -0.1) is 0 Å². The van der Waals surface area contributed by atoms with Crippen molar-refractivity contribution in [1.82, 2.24) is 5.32 Å². The molecule has 0 aliphatic rings. The van der Waals surface area contributed by atoms with E-state index in [1.54, 1.807) is 0 Å². The summed E-state index contributed by atoms with van der Waals surface area (Å²) < 4.78 is 9.04. The summed E-state index contributed by atoms with van der Waals surface area (Å²) in [6.07, 6.45) is -0.140. The van der Waals surface area contributed by atoms with Gasteiger partial charge in [-0.25, -0.2) is 4.79 Å². The Balaban J connectivity index is 2.68. The summed E-state index contributed by atoms with van der Waals surface area (Å²) in [5.74, 6) is -1.80. The molecule has 0 bridgehead atoms. The number of benzene rings is 1. The van der Waals surface area contributed by atoms with Crippen LogP contribution in [0.4, 0.5) is 0 Å². The van der Waals surface area contributed by atoms with E-state index in [1.807, 2.05) is 30.3 Å². The molecule has 1 atom stereocenters. The van der Waals surface area contributed by atoms with Gasteiger partial charge >= 0.3 is 11.9 Å². The number of carbonyl (C=O) groups excluding carboxylic acids is 3. The highest BCUT2D eigenvalue weighted by molar-refractivity contribution is 5.96. The van der Waals surface area contributed by atoms with Gasteiger partial charge in [-0.1, -0.05) is 30.3 Å². The SMILES string of the molecule is COC(=O)CC(=O)N[C@@H](Cc1ccccc1)C(=O)OC. The third-order valence-corrected chi connectivity index (χ3v) is 2.64. The van der Waals surface area contributed by atoms with Crippen molar-refractivity contribution in [3.8, 4) is 0 Å². The van der Waals surface area contributed by atoms with E-state index in [2.05, 4.69) is 14.8 Å². The molecule has 1 aromatic rings. The quantitative estimate of drug-likeness (QED) is 0.604. The van der Waals surface area contributed by atoms with Crippen LogP contribution in [0.2, 0.25) is 0 Å². The molecule has 20 heavy (non-hydrogen) atoms. The van der Waals surface area contributed by atoms with Crippen molar-refractivity contribution in [2.45, 2.75) is 18.9 Å². The monoisotopic (exact) mass is 279 g/mol. The maximum Gasteiger partial charge on any atom is 0.328 e. The van der Waals surface area contributed by atoms with E-state index in [-0.39, 0.29) is 0 Å². The van der Waals surface area contributed by atoms with Crippen molar-refractivity contribution in [3.63, 3.8) is 0 Å². The third kappa shape index (κ3) is 5.09. The van der Waals surface area contributed by atoms with E-state index >= 15 is 0 Å². The molecule has 6 heteroatoms. The Kier molecular flexibility index (Phi) is 6.22. The lowest BCUT2D eigenvalue weighted by atomic mass is 10.1. The van der Waals surface area contributed by atoms with E-state index in [0.717, 1.165) is 5.56 Å². The molecule has 1 rings (SSSR count). The van der Waals surface area contributed by atoms with Crippen molar-refractivity contribution in [2.75, 3.05) is 14.2 Å². The van der Waals surface area contributed by atoms with E-state index < -0.39 is 30.3 Å². The predicted octanol–water partition coefficient (Wildman–Crippen LogP) is 0.450. The summed E-state index contributed by atoms with van der Waals surface area (Å²) in [4.78, 5) is 34.3. The topological polar surface area (TPSA) is 81.7 Å². The van der Waals surface area contributed by atoms with Crippen molar-refractivity contribution < 1.29 is 23.9 Å². The number of rotatable bonds is 6. The minimum atomic E-state index is -0.834. The van der Waals surface area contributed by atoms with Gasteiger partial charge in [-0.3, -0.25) is 9.59 Å². The van der Waals surface area contributed by atoms with Crippen LogP contribution in [0.25, 0.3) is 0 Å². The first-order valence-electron chi connectivity index (χ1n) is 6.04. The Labute approximate surface area is 117 Å². The molecule has 0 saturated heterocycles. The Bertz CT molecular complexity index is 472. The highest BCUT2D eigenvalue weighted by Crippen LogP contribution is 2.05. The van der Waals surface area contributed by atoms with Gasteiger partial charge in [0.1, 0.15) is 12.5 Å². The maximum absolute atomic E-state index is 11.7. The van der Waals surface area contributed by atoms with Crippen LogP contribution in [0, 0.1) is 0 Å². The molecule has 0 unspecified atom stereocenters. The number of carbonyl (C=O) groups is 3. The smallest absolute Gasteiger partial charge is 0.328 e. The van der Waals surface area contributed by atoms with Gasteiger partial charge in [0.15, 0.2) is 0 Å². The van der Waals surface area contributed by atoms with Crippen LogP contribution < -0.4 is 5.32 Å². The van der Waals surface area contributed by atoms with E-state index in [4.69, 9.17) is 0 Å². The lowest BCUT2D eigenvalue weighted by Gasteiger charge is -2.16. The summed E-state index contributed by atoms with van der Waals surface area (Å²) >= 11 is 0. The van der Waals surface area contributed by atoms with Gasteiger partial charge in [0.25, 0.3) is 0 Å². The van der Waals surface area contributed by atoms with Crippen LogP contribution >= 0.6 is 0 Å².